The molecule has 1 aliphatic rings. The zero-order valence-corrected chi connectivity index (χ0v) is 19.4. The van der Waals surface area contributed by atoms with Gasteiger partial charge in [-0.1, -0.05) is 23.9 Å². The highest BCUT2D eigenvalue weighted by Gasteiger charge is 2.30. The number of aromatic nitrogens is 3. The fraction of sp³-hybridized carbons (Fsp3) is 0.375. The Labute approximate surface area is 192 Å². The van der Waals surface area contributed by atoms with Crippen molar-refractivity contribution in [2.24, 2.45) is 7.05 Å². The van der Waals surface area contributed by atoms with Gasteiger partial charge in [0.1, 0.15) is 11.1 Å². The molecular weight excluding hydrogens is 425 g/mol. The van der Waals surface area contributed by atoms with E-state index in [1.54, 1.807) is 12.1 Å². The van der Waals surface area contributed by atoms with E-state index in [9.17, 15) is 9.18 Å². The second-order valence-corrected chi connectivity index (χ2v) is 8.99. The second kappa shape index (κ2) is 9.73. The Morgan fingerprint density at radius 1 is 1.12 bits per heavy atom. The number of hydrogen-bond donors (Lipinski definition) is 1. The molecule has 32 heavy (non-hydrogen) atoms. The van der Waals surface area contributed by atoms with Crippen LogP contribution in [0.3, 0.4) is 0 Å². The van der Waals surface area contributed by atoms with Crippen LogP contribution >= 0.6 is 11.8 Å². The molecule has 6 nitrogen and oxygen atoms in total. The van der Waals surface area contributed by atoms with Gasteiger partial charge in [-0.05, 0) is 68.7 Å². The van der Waals surface area contributed by atoms with Crippen molar-refractivity contribution in [3.8, 4) is 11.4 Å². The molecule has 3 aromatic rings. The summed E-state index contributed by atoms with van der Waals surface area (Å²) >= 11 is 1.33. The summed E-state index contributed by atoms with van der Waals surface area (Å²) in [5.74, 6) is 0.325. The zero-order chi connectivity index (χ0) is 22.7. The number of hydrogen-bond acceptors (Lipinski definition) is 5. The van der Waals surface area contributed by atoms with Crippen LogP contribution in [0.15, 0.2) is 53.7 Å². The minimum atomic E-state index is -0.531. The van der Waals surface area contributed by atoms with E-state index in [1.807, 2.05) is 23.7 Å². The van der Waals surface area contributed by atoms with Crippen LogP contribution < -0.4 is 10.2 Å². The number of nitrogens with zero attached hydrogens (tertiary/aromatic N) is 4. The van der Waals surface area contributed by atoms with E-state index >= 15 is 0 Å². The predicted molar refractivity (Wildman–Crippen MR) is 126 cm³/mol. The van der Waals surface area contributed by atoms with Crippen molar-refractivity contribution < 1.29 is 9.18 Å². The molecular formula is C24H28FN5OS. The molecule has 1 aromatic heterocycles. The average molecular weight is 454 g/mol. The first-order valence-electron chi connectivity index (χ1n) is 11.0. The van der Waals surface area contributed by atoms with Gasteiger partial charge < -0.3 is 14.8 Å². The highest BCUT2D eigenvalue weighted by atomic mass is 32.2. The molecule has 1 aliphatic carbocycles. The van der Waals surface area contributed by atoms with Gasteiger partial charge in [-0.2, -0.15) is 0 Å². The smallest absolute Gasteiger partial charge is 0.238 e. The lowest BCUT2D eigenvalue weighted by Crippen LogP contribution is -2.30. The summed E-state index contributed by atoms with van der Waals surface area (Å²) in [4.78, 5) is 15.2. The molecule has 2 aromatic carbocycles. The van der Waals surface area contributed by atoms with Gasteiger partial charge in [-0.3, -0.25) is 4.79 Å². The van der Waals surface area contributed by atoms with E-state index in [-0.39, 0.29) is 17.8 Å². The molecule has 0 spiro atoms. The van der Waals surface area contributed by atoms with E-state index in [0.717, 1.165) is 42.9 Å². The average Bonchev–Trinajstić information content (AvgIpc) is 3.55. The molecule has 1 amide bonds. The Bertz CT molecular complexity index is 1060. The first-order valence-corrected chi connectivity index (χ1v) is 11.8. The molecule has 0 bridgehead atoms. The number of anilines is 1. The summed E-state index contributed by atoms with van der Waals surface area (Å²) < 4.78 is 15.3. The molecule has 1 saturated carbocycles. The van der Waals surface area contributed by atoms with Crippen LogP contribution in [0.25, 0.3) is 11.4 Å². The minimum Gasteiger partial charge on any atom is -0.372 e. The maximum absolute atomic E-state index is 13.4. The molecule has 1 N–H and O–H groups in total. The van der Waals surface area contributed by atoms with Crippen molar-refractivity contribution in [2.75, 3.05) is 18.0 Å². The van der Waals surface area contributed by atoms with Gasteiger partial charge in [-0.25, -0.2) is 4.39 Å². The third-order valence-corrected chi connectivity index (χ3v) is 6.94. The Balaban J connectivity index is 1.57. The van der Waals surface area contributed by atoms with Crippen LogP contribution in [-0.2, 0) is 11.8 Å². The molecule has 8 heteroatoms. The predicted octanol–water partition coefficient (Wildman–Crippen LogP) is 4.58. The molecule has 1 fully saturated rings. The van der Waals surface area contributed by atoms with Crippen molar-refractivity contribution in [3.63, 3.8) is 0 Å². The van der Waals surface area contributed by atoms with Crippen molar-refractivity contribution in [2.45, 2.75) is 43.1 Å². The summed E-state index contributed by atoms with van der Waals surface area (Å²) in [6.45, 7) is 6.18. The van der Waals surface area contributed by atoms with Crippen LogP contribution in [0.4, 0.5) is 10.1 Å². The topological polar surface area (TPSA) is 63.1 Å². The number of carbonyl (C=O) groups excluding carboxylic acids is 1. The molecule has 0 saturated heterocycles. The fourth-order valence-corrected chi connectivity index (χ4v) is 4.61. The highest BCUT2D eigenvalue weighted by Crippen LogP contribution is 2.36. The Kier molecular flexibility index (Phi) is 6.79. The van der Waals surface area contributed by atoms with Gasteiger partial charge in [-0.15, -0.1) is 10.2 Å². The van der Waals surface area contributed by atoms with Crippen LogP contribution in [0.1, 0.15) is 37.5 Å². The molecule has 0 radical (unpaired) electrons. The van der Waals surface area contributed by atoms with Crippen LogP contribution in [0.2, 0.25) is 0 Å². The van der Waals surface area contributed by atoms with Crippen molar-refractivity contribution in [3.05, 3.63) is 59.9 Å². The first-order chi connectivity index (χ1) is 15.5. The minimum absolute atomic E-state index is 0.0859. The van der Waals surface area contributed by atoms with Gasteiger partial charge in [0.2, 0.25) is 5.91 Å². The molecule has 1 atom stereocenters. The largest absolute Gasteiger partial charge is 0.372 e. The normalized spacial score (nSPS) is 14.2. The molecule has 1 heterocycles. The van der Waals surface area contributed by atoms with Crippen LogP contribution in [-0.4, -0.2) is 39.8 Å². The van der Waals surface area contributed by atoms with Crippen LogP contribution in [0.5, 0.6) is 0 Å². The lowest BCUT2D eigenvalue weighted by atomic mass is 10.1. The van der Waals surface area contributed by atoms with E-state index in [0.29, 0.717) is 5.16 Å². The summed E-state index contributed by atoms with van der Waals surface area (Å²) in [7, 11) is 1.90. The summed E-state index contributed by atoms with van der Waals surface area (Å²) in [5.41, 5.74) is 2.87. The number of nitrogens with one attached hydrogen (secondary N) is 1. The Morgan fingerprint density at radius 2 is 1.78 bits per heavy atom. The Hall–Kier alpha value is -2.87. The molecule has 1 unspecified atom stereocenters. The third kappa shape index (κ3) is 4.96. The number of benzene rings is 2. The van der Waals surface area contributed by atoms with Crippen molar-refractivity contribution >= 4 is 23.4 Å². The summed E-state index contributed by atoms with van der Waals surface area (Å²) in [6, 6.07) is 14.6. The number of halogens is 1. The number of amides is 1. The lowest BCUT2D eigenvalue weighted by molar-refractivity contribution is -0.120. The molecule has 4 rings (SSSR count). The summed E-state index contributed by atoms with van der Waals surface area (Å²) in [5, 5.41) is 11.9. The van der Waals surface area contributed by atoms with E-state index in [4.69, 9.17) is 0 Å². The molecule has 168 valence electrons. The van der Waals surface area contributed by atoms with Crippen LogP contribution in [0, 0.1) is 5.82 Å². The molecule has 0 aliphatic heterocycles. The lowest BCUT2D eigenvalue weighted by Gasteiger charge is -2.21. The standard InChI is InChI=1S/C24H28FN5OS/c1-4-30(5-2)20-14-8-17(9-15-20)22-27-28-24(29(22)3)32-21(23(31)26-19-12-13-19)16-6-10-18(25)11-7-16/h6-11,14-15,19,21H,4-5,12-13H2,1-3H3,(H,26,31). The van der Waals surface area contributed by atoms with E-state index in [2.05, 4.69) is 46.4 Å². The van der Waals surface area contributed by atoms with E-state index < -0.39 is 5.25 Å². The maximum atomic E-state index is 13.4. The van der Waals surface area contributed by atoms with Gasteiger partial charge in [0.05, 0.1) is 0 Å². The van der Waals surface area contributed by atoms with E-state index in [1.165, 1.54) is 29.6 Å². The van der Waals surface area contributed by atoms with Gasteiger partial charge in [0.25, 0.3) is 0 Å². The Morgan fingerprint density at radius 3 is 2.38 bits per heavy atom. The number of rotatable bonds is 9. The SMILES string of the molecule is CCN(CC)c1ccc(-c2nnc(SC(C(=O)NC3CC3)c3ccc(F)cc3)n2C)cc1. The number of carbonyl (C=O) groups is 1. The van der Waals surface area contributed by atoms with Gasteiger partial charge in [0.15, 0.2) is 11.0 Å². The third-order valence-electron chi connectivity index (χ3n) is 5.65. The zero-order valence-electron chi connectivity index (χ0n) is 18.6. The monoisotopic (exact) mass is 453 g/mol. The highest BCUT2D eigenvalue weighted by molar-refractivity contribution is 8.00. The summed E-state index contributed by atoms with van der Waals surface area (Å²) in [6.07, 6.45) is 2.01. The maximum Gasteiger partial charge on any atom is 0.238 e. The fourth-order valence-electron chi connectivity index (χ4n) is 3.60. The number of thioether (sulfide) groups is 1. The quantitative estimate of drug-likeness (QED) is 0.481. The van der Waals surface area contributed by atoms with Crippen molar-refractivity contribution in [1.29, 1.82) is 0 Å². The van der Waals surface area contributed by atoms with Crippen molar-refractivity contribution in [1.82, 2.24) is 20.1 Å². The second-order valence-electron chi connectivity index (χ2n) is 7.92. The van der Waals surface area contributed by atoms with Gasteiger partial charge >= 0.3 is 0 Å². The van der Waals surface area contributed by atoms with Gasteiger partial charge in [0, 0.05) is 37.4 Å². The first kappa shape index (κ1) is 22.3.